The summed E-state index contributed by atoms with van der Waals surface area (Å²) in [6, 6.07) is 4.74. The number of nitrogens with zero attached hydrogens (tertiary/aromatic N) is 1. The number of benzene rings is 1. The van der Waals surface area contributed by atoms with Gasteiger partial charge in [0.25, 0.3) is 0 Å². The predicted octanol–water partition coefficient (Wildman–Crippen LogP) is 3.31. The number of rotatable bonds is 4. The summed E-state index contributed by atoms with van der Waals surface area (Å²) < 4.78 is 15.4. The van der Waals surface area contributed by atoms with Crippen LogP contribution in [0, 0.1) is 13.8 Å². The molecule has 1 aromatic heterocycles. The van der Waals surface area contributed by atoms with Crippen LogP contribution in [0.15, 0.2) is 22.7 Å². The highest BCUT2D eigenvalue weighted by molar-refractivity contribution is 6.30. The van der Waals surface area contributed by atoms with Gasteiger partial charge in [0.2, 0.25) is 0 Å². The quantitative estimate of drug-likeness (QED) is 0.810. The fraction of sp³-hybridized carbons (Fsp3) is 0.286. The van der Waals surface area contributed by atoms with Crippen LogP contribution in [0.5, 0.6) is 5.75 Å². The van der Waals surface area contributed by atoms with Gasteiger partial charge in [-0.25, -0.2) is 4.79 Å². The number of esters is 1. The molecule has 0 saturated heterocycles. The van der Waals surface area contributed by atoms with Gasteiger partial charge in [-0.2, -0.15) is 0 Å². The van der Waals surface area contributed by atoms with Crippen molar-refractivity contribution in [1.82, 2.24) is 5.16 Å². The topological polar surface area (TPSA) is 61.6 Å². The Kier molecular flexibility index (Phi) is 4.29. The number of methoxy groups -OCH3 is 1. The molecular weight excluding hydrogens is 282 g/mol. The van der Waals surface area contributed by atoms with Crippen LogP contribution in [0.3, 0.4) is 0 Å². The number of halogens is 1. The zero-order valence-electron chi connectivity index (χ0n) is 11.4. The van der Waals surface area contributed by atoms with E-state index < -0.39 is 5.97 Å². The summed E-state index contributed by atoms with van der Waals surface area (Å²) >= 11 is 5.85. The van der Waals surface area contributed by atoms with E-state index in [1.54, 1.807) is 32.0 Å². The van der Waals surface area contributed by atoms with Crippen molar-refractivity contribution in [1.29, 1.82) is 0 Å². The highest BCUT2D eigenvalue weighted by atomic mass is 35.5. The maximum Gasteiger partial charge on any atom is 0.342 e. The molecule has 2 rings (SSSR count). The molecular formula is C14H14ClNO4. The van der Waals surface area contributed by atoms with E-state index in [9.17, 15) is 4.79 Å². The Hall–Kier alpha value is -2.01. The third kappa shape index (κ3) is 2.93. The average molecular weight is 296 g/mol. The normalized spacial score (nSPS) is 10.4. The Bertz CT molecular complexity index is 617. The van der Waals surface area contributed by atoms with Crippen molar-refractivity contribution in [3.8, 4) is 5.75 Å². The van der Waals surface area contributed by atoms with E-state index in [2.05, 4.69) is 5.16 Å². The van der Waals surface area contributed by atoms with Crippen LogP contribution in [0.4, 0.5) is 0 Å². The molecule has 0 aliphatic carbocycles. The smallest absolute Gasteiger partial charge is 0.342 e. The number of ether oxygens (including phenoxy) is 2. The van der Waals surface area contributed by atoms with Crippen LogP contribution in [-0.4, -0.2) is 18.2 Å². The van der Waals surface area contributed by atoms with E-state index >= 15 is 0 Å². The molecule has 2 aromatic rings. The first-order valence-corrected chi connectivity index (χ1v) is 6.33. The Morgan fingerprint density at radius 2 is 2.15 bits per heavy atom. The lowest BCUT2D eigenvalue weighted by molar-refractivity contribution is 0.0467. The fourth-order valence-electron chi connectivity index (χ4n) is 1.76. The monoisotopic (exact) mass is 295 g/mol. The molecule has 0 aliphatic rings. The molecule has 0 atom stereocenters. The Morgan fingerprint density at radius 1 is 1.40 bits per heavy atom. The zero-order chi connectivity index (χ0) is 14.7. The van der Waals surface area contributed by atoms with Gasteiger partial charge in [-0.05, 0) is 32.0 Å². The lowest BCUT2D eigenvalue weighted by Crippen LogP contribution is -2.08. The molecule has 0 fully saturated rings. The molecule has 0 aliphatic heterocycles. The third-order valence-corrected chi connectivity index (χ3v) is 3.15. The molecule has 0 amide bonds. The minimum absolute atomic E-state index is 0.103. The summed E-state index contributed by atoms with van der Waals surface area (Å²) in [5.74, 6) is 0.526. The van der Waals surface area contributed by atoms with Crippen LogP contribution in [-0.2, 0) is 11.3 Å². The summed E-state index contributed by atoms with van der Waals surface area (Å²) in [5, 5.41) is 4.29. The number of hydrogen-bond acceptors (Lipinski definition) is 5. The largest absolute Gasteiger partial charge is 0.496 e. The van der Waals surface area contributed by atoms with Crippen LogP contribution in [0.1, 0.15) is 27.4 Å². The molecule has 0 radical (unpaired) electrons. The summed E-state index contributed by atoms with van der Waals surface area (Å²) in [7, 11) is 1.47. The van der Waals surface area contributed by atoms with Gasteiger partial charge in [0.1, 0.15) is 23.7 Å². The highest BCUT2D eigenvalue weighted by Gasteiger charge is 2.16. The lowest BCUT2D eigenvalue weighted by Gasteiger charge is -2.09. The maximum absolute atomic E-state index is 12.1. The third-order valence-electron chi connectivity index (χ3n) is 2.91. The standard InChI is InChI=1S/C14H14ClNO4/c1-8-12(9(2)20-16-8)7-19-14(17)11-5-4-10(15)6-13(11)18-3/h4-6H,7H2,1-3H3. The number of carbonyl (C=O) groups is 1. The van der Waals surface area contributed by atoms with Crippen molar-refractivity contribution >= 4 is 17.6 Å². The van der Waals surface area contributed by atoms with Gasteiger partial charge in [0.05, 0.1) is 18.4 Å². The van der Waals surface area contributed by atoms with Gasteiger partial charge in [0.15, 0.2) is 0 Å². The number of aromatic nitrogens is 1. The molecule has 106 valence electrons. The molecule has 1 aromatic carbocycles. The Morgan fingerprint density at radius 3 is 2.75 bits per heavy atom. The molecule has 0 N–H and O–H groups in total. The van der Waals surface area contributed by atoms with E-state index in [0.29, 0.717) is 27.8 Å². The van der Waals surface area contributed by atoms with Crippen molar-refractivity contribution in [2.75, 3.05) is 7.11 Å². The molecule has 0 spiro atoms. The second-order valence-electron chi connectivity index (χ2n) is 4.22. The summed E-state index contributed by atoms with van der Waals surface area (Å²) in [6.07, 6.45) is 0. The molecule has 20 heavy (non-hydrogen) atoms. The molecule has 0 unspecified atom stereocenters. The molecule has 1 heterocycles. The SMILES string of the molecule is COc1cc(Cl)ccc1C(=O)OCc1c(C)noc1C. The van der Waals surface area contributed by atoms with Crippen molar-refractivity contribution < 1.29 is 18.8 Å². The van der Waals surface area contributed by atoms with Gasteiger partial charge in [-0.3, -0.25) is 0 Å². The van der Waals surface area contributed by atoms with Crippen LogP contribution in [0.25, 0.3) is 0 Å². The fourth-order valence-corrected chi connectivity index (χ4v) is 1.92. The van der Waals surface area contributed by atoms with Crippen molar-refractivity contribution in [2.45, 2.75) is 20.5 Å². The number of carbonyl (C=O) groups excluding carboxylic acids is 1. The number of aryl methyl sites for hydroxylation is 2. The minimum Gasteiger partial charge on any atom is -0.496 e. The van der Waals surface area contributed by atoms with Crippen molar-refractivity contribution in [2.24, 2.45) is 0 Å². The van der Waals surface area contributed by atoms with Crippen LogP contribution in [0.2, 0.25) is 5.02 Å². The Balaban J connectivity index is 2.13. The van der Waals surface area contributed by atoms with E-state index in [4.69, 9.17) is 25.6 Å². The van der Waals surface area contributed by atoms with E-state index in [1.165, 1.54) is 7.11 Å². The van der Waals surface area contributed by atoms with Gasteiger partial charge in [-0.1, -0.05) is 16.8 Å². The maximum atomic E-state index is 12.1. The first kappa shape index (κ1) is 14.4. The summed E-state index contributed by atoms with van der Waals surface area (Å²) in [6.45, 7) is 3.67. The second-order valence-corrected chi connectivity index (χ2v) is 4.66. The molecule has 5 nitrogen and oxygen atoms in total. The average Bonchev–Trinajstić information content (AvgIpc) is 2.75. The Labute approximate surface area is 121 Å². The predicted molar refractivity (Wildman–Crippen MR) is 73.1 cm³/mol. The van der Waals surface area contributed by atoms with Gasteiger partial charge >= 0.3 is 5.97 Å². The zero-order valence-corrected chi connectivity index (χ0v) is 12.2. The minimum atomic E-state index is -0.487. The summed E-state index contributed by atoms with van der Waals surface area (Å²) in [5.41, 5.74) is 1.80. The van der Waals surface area contributed by atoms with Crippen molar-refractivity contribution in [3.63, 3.8) is 0 Å². The summed E-state index contributed by atoms with van der Waals surface area (Å²) in [4.78, 5) is 12.1. The van der Waals surface area contributed by atoms with E-state index in [0.717, 1.165) is 5.56 Å². The van der Waals surface area contributed by atoms with Crippen LogP contribution >= 0.6 is 11.6 Å². The van der Waals surface area contributed by atoms with E-state index in [1.807, 2.05) is 0 Å². The first-order chi connectivity index (χ1) is 9.52. The lowest BCUT2D eigenvalue weighted by atomic mass is 10.2. The van der Waals surface area contributed by atoms with E-state index in [-0.39, 0.29) is 6.61 Å². The van der Waals surface area contributed by atoms with Gasteiger partial charge in [-0.15, -0.1) is 0 Å². The molecule has 0 bridgehead atoms. The molecule has 6 heteroatoms. The molecule has 0 saturated carbocycles. The van der Waals surface area contributed by atoms with Gasteiger partial charge < -0.3 is 14.0 Å². The van der Waals surface area contributed by atoms with Crippen molar-refractivity contribution in [3.05, 3.63) is 45.8 Å². The first-order valence-electron chi connectivity index (χ1n) is 5.95. The number of hydrogen-bond donors (Lipinski definition) is 0. The van der Waals surface area contributed by atoms with Crippen LogP contribution < -0.4 is 4.74 Å². The van der Waals surface area contributed by atoms with Gasteiger partial charge in [0, 0.05) is 5.02 Å². The highest BCUT2D eigenvalue weighted by Crippen LogP contribution is 2.24. The second kappa shape index (κ2) is 5.96.